The minimum Gasteiger partial charge on any atom is -0.448 e. The maximum absolute atomic E-state index is 12.0. The van der Waals surface area contributed by atoms with E-state index in [-0.39, 0.29) is 18.2 Å². The Labute approximate surface area is 133 Å². The number of hydrazine groups is 1. The van der Waals surface area contributed by atoms with Gasteiger partial charge in [-0.05, 0) is 12.8 Å². The predicted molar refractivity (Wildman–Crippen MR) is 78.5 cm³/mol. The summed E-state index contributed by atoms with van der Waals surface area (Å²) in [6.45, 7) is 1.01. The maximum Gasteiger partial charge on any atom is 0.291 e. The van der Waals surface area contributed by atoms with Gasteiger partial charge in [-0.2, -0.15) is 0 Å². The van der Waals surface area contributed by atoms with Crippen molar-refractivity contribution in [1.82, 2.24) is 15.8 Å². The molecule has 23 heavy (non-hydrogen) atoms. The second kappa shape index (κ2) is 7.56. The lowest BCUT2D eigenvalue weighted by molar-refractivity contribution is -0.148. The van der Waals surface area contributed by atoms with Gasteiger partial charge in [-0.25, -0.2) is 4.98 Å². The van der Waals surface area contributed by atoms with Crippen LogP contribution in [0.2, 0.25) is 0 Å². The molecule has 0 aromatic carbocycles. The van der Waals surface area contributed by atoms with Crippen LogP contribution in [0.15, 0.2) is 10.7 Å². The normalized spacial score (nSPS) is 22.5. The lowest BCUT2D eigenvalue weighted by Gasteiger charge is -2.21. The number of carbonyl (C=O) groups is 2. The number of amides is 2. The van der Waals surface area contributed by atoms with Crippen molar-refractivity contribution >= 4 is 11.8 Å². The molecule has 0 spiro atoms. The monoisotopic (exact) mass is 323 g/mol. The molecule has 1 aromatic rings. The number of ether oxygens (including phenoxy) is 2. The van der Waals surface area contributed by atoms with Crippen molar-refractivity contribution in [3.63, 3.8) is 0 Å². The molecule has 8 nitrogen and oxygen atoms in total. The smallest absolute Gasteiger partial charge is 0.291 e. The molecule has 0 bridgehead atoms. The fourth-order valence-corrected chi connectivity index (χ4v) is 2.83. The number of oxazole rings is 1. The second-order valence-electron chi connectivity index (χ2n) is 5.78. The van der Waals surface area contributed by atoms with Gasteiger partial charge in [0.1, 0.15) is 6.26 Å². The molecule has 3 rings (SSSR count). The van der Waals surface area contributed by atoms with Crippen molar-refractivity contribution in [2.75, 3.05) is 19.8 Å². The molecule has 2 heterocycles. The van der Waals surface area contributed by atoms with E-state index in [1.165, 1.54) is 12.7 Å². The fraction of sp³-hybridized carbons (Fsp3) is 0.667. The van der Waals surface area contributed by atoms with E-state index in [1.54, 1.807) is 0 Å². The number of rotatable bonds is 3. The van der Waals surface area contributed by atoms with Crippen LogP contribution in [-0.2, 0) is 14.3 Å². The van der Waals surface area contributed by atoms with Crippen LogP contribution in [0.3, 0.4) is 0 Å². The minimum absolute atomic E-state index is 0.159. The van der Waals surface area contributed by atoms with Crippen molar-refractivity contribution in [2.45, 2.75) is 44.1 Å². The molecule has 1 aliphatic carbocycles. The van der Waals surface area contributed by atoms with Gasteiger partial charge in [-0.1, -0.05) is 19.3 Å². The highest BCUT2D eigenvalue weighted by molar-refractivity contribution is 5.93. The van der Waals surface area contributed by atoms with Crippen LogP contribution >= 0.6 is 0 Å². The van der Waals surface area contributed by atoms with Gasteiger partial charge in [0.2, 0.25) is 0 Å². The zero-order valence-corrected chi connectivity index (χ0v) is 12.9. The number of nitrogens with zero attached hydrogens (tertiary/aromatic N) is 1. The molecule has 1 saturated carbocycles. The van der Waals surface area contributed by atoms with Crippen LogP contribution in [0.5, 0.6) is 0 Å². The standard InChI is InChI=1S/C15H21N3O5/c19-13(17-18-14(20)12-9-21-6-7-22-12)11-8-23-15(16-11)10-4-2-1-3-5-10/h8,10,12H,1-7,9H2,(H,17,19)(H,18,20). The molecule has 2 aliphatic rings. The Kier molecular flexibility index (Phi) is 5.24. The Morgan fingerprint density at radius 1 is 1.13 bits per heavy atom. The zero-order valence-electron chi connectivity index (χ0n) is 12.9. The highest BCUT2D eigenvalue weighted by Crippen LogP contribution is 2.31. The summed E-state index contributed by atoms with van der Waals surface area (Å²) in [6, 6.07) is 0. The quantitative estimate of drug-likeness (QED) is 0.801. The van der Waals surface area contributed by atoms with Crippen molar-refractivity contribution in [2.24, 2.45) is 0 Å². The van der Waals surface area contributed by atoms with Crippen molar-refractivity contribution in [1.29, 1.82) is 0 Å². The molecule has 1 atom stereocenters. The third-order valence-electron chi connectivity index (χ3n) is 4.12. The van der Waals surface area contributed by atoms with Gasteiger partial charge in [0, 0.05) is 5.92 Å². The van der Waals surface area contributed by atoms with Gasteiger partial charge in [0.05, 0.1) is 19.8 Å². The van der Waals surface area contributed by atoms with Gasteiger partial charge < -0.3 is 13.9 Å². The third kappa shape index (κ3) is 4.08. The first-order chi connectivity index (χ1) is 11.2. The van der Waals surface area contributed by atoms with Crippen LogP contribution in [0.25, 0.3) is 0 Å². The number of hydrogen-bond donors (Lipinski definition) is 2. The predicted octanol–water partition coefficient (Wildman–Crippen LogP) is 0.899. The highest BCUT2D eigenvalue weighted by Gasteiger charge is 2.25. The lowest BCUT2D eigenvalue weighted by atomic mass is 9.89. The van der Waals surface area contributed by atoms with E-state index in [2.05, 4.69) is 15.8 Å². The first-order valence-electron chi connectivity index (χ1n) is 7.99. The summed E-state index contributed by atoms with van der Waals surface area (Å²) in [7, 11) is 0. The minimum atomic E-state index is -0.709. The molecular formula is C15H21N3O5. The lowest BCUT2D eigenvalue weighted by Crippen LogP contribution is -2.50. The Morgan fingerprint density at radius 3 is 2.70 bits per heavy atom. The molecule has 2 N–H and O–H groups in total. The molecule has 1 aromatic heterocycles. The SMILES string of the molecule is O=C(NNC(=O)C1COCCO1)c1coc(C2CCCCC2)n1. The summed E-state index contributed by atoms with van der Waals surface area (Å²) in [5.41, 5.74) is 4.79. The Morgan fingerprint density at radius 2 is 1.96 bits per heavy atom. The zero-order chi connectivity index (χ0) is 16.1. The Hall–Kier alpha value is -1.93. The van der Waals surface area contributed by atoms with Crippen molar-refractivity contribution < 1.29 is 23.5 Å². The molecule has 2 amide bonds. The summed E-state index contributed by atoms with van der Waals surface area (Å²) in [5, 5.41) is 0. The van der Waals surface area contributed by atoms with Gasteiger partial charge >= 0.3 is 0 Å². The molecular weight excluding hydrogens is 302 g/mol. The van der Waals surface area contributed by atoms with Crippen LogP contribution in [-0.4, -0.2) is 42.7 Å². The molecule has 0 radical (unpaired) electrons. The summed E-state index contributed by atoms with van der Waals surface area (Å²) < 4.78 is 15.8. The fourth-order valence-electron chi connectivity index (χ4n) is 2.83. The second-order valence-corrected chi connectivity index (χ2v) is 5.78. The van der Waals surface area contributed by atoms with Crippen LogP contribution in [0, 0.1) is 0 Å². The van der Waals surface area contributed by atoms with E-state index in [4.69, 9.17) is 13.9 Å². The van der Waals surface area contributed by atoms with Gasteiger partial charge in [-0.15, -0.1) is 0 Å². The van der Waals surface area contributed by atoms with Gasteiger partial charge in [-0.3, -0.25) is 20.4 Å². The molecule has 2 fully saturated rings. The first kappa shape index (κ1) is 15.9. The first-order valence-corrected chi connectivity index (χ1v) is 7.99. The maximum atomic E-state index is 12.0. The summed E-state index contributed by atoms with van der Waals surface area (Å²) in [5.74, 6) is -0.0761. The van der Waals surface area contributed by atoms with E-state index < -0.39 is 17.9 Å². The van der Waals surface area contributed by atoms with E-state index in [1.807, 2.05) is 0 Å². The Balaban J connectivity index is 1.50. The third-order valence-corrected chi connectivity index (χ3v) is 4.12. The highest BCUT2D eigenvalue weighted by atomic mass is 16.6. The van der Waals surface area contributed by atoms with E-state index in [0.717, 1.165) is 25.7 Å². The summed E-state index contributed by atoms with van der Waals surface area (Å²) in [6.07, 6.45) is 6.26. The topological polar surface area (TPSA) is 103 Å². The Bertz CT molecular complexity index is 547. The number of nitrogens with one attached hydrogen (secondary N) is 2. The van der Waals surface area contributed by atoms with Crippen LogP contribution < -0.4 is 10.9 Å². The molecule has 8 heteroatoms. The average molecular weight is 323 g/mol. The van der Waals surface area contributed by atoms with Gasteiger partial charge in [0.15, 0.2) is 17.7 Å². The largest absolute Gasteiger partial charge is 0.448 e. The molecule has 1 unspecified atom stereocenters. The number of aromatic nitrogens is 1. The van der Waals surface area contributed by atoms with E-state index in [0.29, 0.717) is 19.1 Å². The van der Waals surface area contributed by atoms with E-state index >= 15 is 0 Å². The van der Waals surface area contributed by atoms with Gasteiger partial charge in [0.25, 0.3) is 11.8 Å². The number of hydrogen-bond acceptors (Lipinski definition) is 6. The van der Waals surface area contributed by atoms with Crippen molar-refractivity contribution in [3.8, 4) is 0 Å². The molecule has 1 aliphatic heterocycles. The molecule has 126 valence electrons. The van der Waals surface area contributed by atoms with Crippen LogP contribution in [0.4, 0.5) is 0 Å². The summed E-state index contributed by atoms with van der Waals surface area (Å²) >= 11 is 0. The number of carbonyl (C=O) groups excluding carboxylic acids is 2. The van der Waals surface area contributed by atoms with Crippen LogP contribution in [0.1, 0.15) is 54.4 Å². The average Bonchev–Trinajstić information content (AvgIpc) is 3.11. The summed E-state index contributed by atoms with van der Waals surface area (Å²) in [4.78, 5) is 28.1. The molecule has 1 saturated heterocycles. The van der Waals surface area contributed by atoms with E-state index in [9.17, 15) is 9.59 Å². The van der Waals surface area contributed by atoms with Crippen molar-refractivity contribution in [3.05, 3.63) is 17.8 Å².